The van der Waals surface area contributed by atoms with Crippen LogP contribution in [0.5, 0.6) is 0 Å². The lowest BCUT2D eigenvalue weighted by Crippen LogP contribution is -2.54. The normalized spacial score (nSPS) is 13.8. The molecule has 0 rings (SSSR count). The molecule has 19 heavy (non-hydrogen) atoms. The first-order valence-electron chi connectivity index (χ1n) is 6.93. The Morgan fingerprint density at radius 3 is 2.00 bits per heavy atom. The SMILES string of the molecule is CCC(N)(CC)CNC(=O)C(C)NC(=O)C(C)(C)C. The molecule has 0 spiro atoms. The van der Waals surface area contributed by atoms with E-state index in [1.807, 2.05) is 34.6 Å². The molecule has 0 aromatic rings. The highest BCUT2D eigenvalue weighted by Gasteiger charge is 2.26. The summed E-state index contributed by atoms with van der Waals surface area (Å²) in [6.45, 7) is 11.5. The van der Waals surface area contributed by atoms with Gasteiger partial charge in [-0.25, -0.2) is 0 Å². The summed E-state index contributed by atoms with van der Waals surface area (Å²) in [6.07, 6.45) is 1.60. The first-order valence-corrected chi connectivity index (χ1v) is 6.93. The van der Waals surface area contributed by atoms with Crippen molar-refractivity contribution >= 4 is 11.8 Å². The highest BCUT2D eigenvalue weighted by Crippen LogP contribution is 2.13. The van der Waals surface area contributed by atoms with Crippen molar-refractivity contribution in [2.75, 3.05) is 6.54 Å². The van der Waals surface area contributed by atoms with E-state index >= 15 is 0 Å². The van der Waals surface area contributed by atoms with Crippen LogP contribution in [0.2, 0.25) is 0 Å². The lowest BCUT2D eigenvalue weighted by molar-refractivity contribution is -0.133. The summed E-state index contributed by atoms with van der Waals surface area (Å²) in [5.74, 6) is -0.338. The van der Waals surface area contributed by atoms with Gasteiger partial charge in [-0.1, -0.05) is 34.6 Å². The van der Waals surface area contributed by atoms with E-state index in [1.54, 1.807) is 6.92 Å². The molecule has 0 aliphatic rings. The maximum Gasteiger partial charge on any atom is 0.242 e. The van der Waals surface area contributed by atoms with Gasteiger partial charge in [-0.2, -0.15) is 0 Å². The molecule has 0 aromatic heterocycles. The molecule has 0 aliphatic carbocycles. The standard InChI is InChI=1S/C14H29N3O2/c1-7-14(15,8-2)9-16-11(18)10(3)17-12(19)13(4,5)6/h10H,7-9,15H2,1-6H3,(H,16,18)(H,17,19). The van der Waals surface area contributed by atoms with E-state index in [0.717, 1.165) is 12.8 Å². The smallest absolute Gasteiger partial charge is 0.242 e. The van der Waals surface area contributed by atoms with E-state index < -0.39 is 11.5 Å². The molecule has 0 radical (unpaired) electrons. The first-order chi connectivity index (χ1) is 8.55. The van der Waals surface area contributed by atoms with Crippen LogP contribution in [-0.2, 0) is 9.59 Å². The largest absolute Gasteiger partial charge is 0.352 e. The minimum atomic E-state index is -0.551. The maximum atomic E-state index is 11.9. The Labute approximate surface area is 116 Å². The Balaban J connectivity index is 4.33. The van der Waals surface area contributed by atoms with Crippen LogP contribution in [0.15, 0.2) is 0 Å². The van der Waals surface area contributed by atoms with Crippen LogP contribution >= 0.6 is 0 Å². The summed E-state index contributed by atoms with van der Waals surface area (Å²) in [5.41, 5.74) is 5.24. The van der Waals surface area contributed by atoms with Crippen LogP contribution < -0.4 is 16.4 Å². The van der Waals surface area contributed by atoms with Crippen molar-refractivity contribution in [2.45, 2.75) is 66.0 Å². The van der Waals surface area contributed by atoms with E-state index in [9.17, 15) is 9.59 Å². The molecule has 1 unspecified atom stereocenters. The Hall–Kier alpha value is -1.10. The van der Waals surface area contributed by atoms with E-state index in [4.69, 9.17) is 5.73 Å². The summed E-state index contributed by atoms with van der Waals surface area (Å²) < 4.78 is 0. The van der Waals surface area contributed by atoms with Gasteiger partial charge in [0.15, 0.2) is 0 Å². The Morgan fingerprint density at radius 2 is 1.63 bits per heavy atom. The number of amides is 2. The molecule has 0 bridgehead atoms. The van der Waals surface area contributed by atoms with Gasteiger partial charge >= 0.3 is 0 Å². The van der Waals surface area contributed by atoms with E-state index in [0.29, 0.717) is 6.54 Å². The van der Waals surface area contributed by atoms with Gasteiger partial charge < -0.3 is 16.4 Å². The summed E-state index contributed by atoms with van der Waals surface area (Å²) in [7, 11) is 0. The van der Waals surface area contributed by atoms with Gasteiger partial charge in [-0.3, -0.25) is 9.59 Å². The Kier molecular flexibility index (Phi) is 6.49. The van der Waals surface area contributed by atoms with Crippen molar-refractivity contribution in [1.29, 1.82) is 0 Å². The van der Waals surface area contributed by atoms with Crippen molar-refractivity contribution in [1.82, 2.24) is 10.6 Å². The molecule has 1 atom stereocenters. The summed E-state index contributed by atoms with van der Waals surface area (Å²) in [5, 5.41) is 5.50. The second-order valence-corrected chi connectivity index (χ2v) is 6.23. The molecule has 0 saturated heterocycles. The number of hydrogen-bond donors (Lipinski definition) is 3. The van der Waals surface area contributed by atoms with Crippen molar-refractivity contribution in [2.24, 2.45) is 11.1 Å². The third kappa shape index (κ3) is 6.05. The fraction of sp³-hybridized carbons (Fsp3) is 0.857. The van der Waals surface area contributed by atoms with Crippen molar-refractivity contribution in [3.8, 4) is 0 Å². The summed E-state index contributed by atoms with van der Waals surface area (Å²) in [4.78, 5) is 23.7. The molecule has 2 amide bonds. The minimum Gasteiger partial charge on any atom is -0.352 e. The average Bonchev–Trinajstić information content (AvgIpc) is 2.34. The van der Waals surface area contributed by atoms with Gasteiger partial charge in [0.2, 0.25) is 11.8 Å². The number of nitrogens with two attached hydrogens (primary N) is 1. The van der Waals surface area contributed by atoms with Crippen molar-refractivity contribution in [3.05, 3.63) is 0 Å². The van der Waals surface area contributed by atoms with Gasteiger partial charge in [-0.15, -0.1) is 0 Å². The lowest BCUT2D eigenvalue weighted by atomic mass is 9.94. The number of nitrogens with one attached hydrogen (secondary N) is 2. The Bertz CT molecular complexity index is 317. The molecule has 5 heteroatoms. The molecule has 0 heterocycles. The van der Waals surface area contributed by atoms with Crippen LogP contribution in [0.25, 0.3) is 0 Å². The zero-order chi connectivity index (χ0) is 15.3. The average molecular weight is 271 g/mol. The van der Waals surface area contributed by atoms with Crippen molar-refractivity contribution in [3.63, 3.8) is 0 Å². The van der Waals surface area contributed by atoms with Gasteiger partial charge in [0, 0.05) is 17.5 Å². The summed E-state index contributed by atoms with van der Waals surface area (Å²) >= 11 is 0. The van der Waals surface area contributed by atoms with Crippen LogP contribution in [0.3, 0.4) is 0 Å². The second-order valence-electron chi connectivity index (χ2n) is 6.23. The number of carbonyl (C=O) groups excluding carboxylic acids is 2. The number of carbonyl (C=O) groups is 2. The van der Waals surface area contributed by atoms with E-state index in [-0.39, 0.29) is 17.4 Å². The third-order valence-corrected chi connectivity index (χ3v) is 3.44. The van der Waals surface area contributed by atoms with Gasteiger partial charge in [0.1, 0.15) is 6.04 Å². The molecule has 112 valence electrons. The quantitative estimate of drug-likeness (QED) is 0.678. The molecular formula is C14H29N3O2. The van der Waals surface area contributed by atoms with Gasteiger partial charge in [-0.05, 0) is 19.8 Å². The van der Waals surface area contributed by atoms with Crippen LogP contribution in [0.4, 0.5) is 0 Å². The zero-order valence-corrected chi connectivity index (χ0v) is 13.1. The third-order valence-electron chi connectivity index (χ3n) is 3.44. The van der Waals surface area contributed by atoms with Crippen molar-refractivity contribution < 1.29 is 9.59 Å². The highest BCUT2D eigenvalue weighted by atomic mass is 16.2. The Morgan fingerprint density at radius 1 is 1.16 bits per heavy atom. The molecule has 0 fully saturated rings. The minimum absolute atomic E-state index is 0.139. The first kappa shape index (κ1) is 17.9. The molecule has 5 nitrogen and oxygen atoms in total. The van der Waals surface area contributed by atoms with Crippen LogP contribution in [-0.4, -0.2) is 29.9 Å². The van der Waals surface area contributed by atoms with E-state index in [2.05, 4.69) is 10.6 Å². The van der Waals surface area contributed by atoms with Gasteiger partial charge in [0.05, 0.1) is 0 Å². The second kappa shape index (κ2) is 6.89. The van der Waals surface area contributed by atoms with Crippen LogP contribution in [0, 0.1) is 5.41 Å². The molecule has 0 aliphatic heterocycles. The number of hydrogen-bond acceptors (Lipinski definition) is 3. The molecule has 4 N–H and O–H groups in total. The molecular weight excluding hydrogens is 242 g/mol. The number of rotatable bonds is 6. The zero-order valence-electron chi connectivity index (χ0n) is 13.1. The monoisotopic (exact) mass is 271 g/mol. The van der Waals surface area contributed by atoms with Crippen LogP contribution in [0.1, 0.15) is 54.4 Å². The highest BCUT2D eigenvalue weighted by molar-refractivity contribution is 5.89. The predicted molar refractivity (Wildman–Crippen MR) is 77.6 cm³/mol. The summed E-state index contributed by atoms with van der Waals surface area (Å²) in [6, 6.07) is -0.551. The maximum absolute atomic E-state index is 11.9. The fourth-order valence-corrected chi connectivity index (χ4v) is 1.39. The molecule has 0 saturated carbocycles. The van der Waals surface area contributed by atoms with Gasteiger partial charge in [0.25, 0.3) is 0 Å². The van der Waals surface area contributed by atoms with E-state index in [1.165, 1.54) is 0 Å². The predicted octanol–water partition coefficient (Wildman–Crippen LogP) is 1.17. The molecule has 0 aromatic carbocycles. The fourth-order valence-electron chi connectivity index (χ4n) is 1.39. The lowest BCUT2D eigenvalue weighted by Gasteiger charge is -2.28. The topological polar surface area (TPSA) is 84.2 Å².